The average molecular weight is 372 g/mol. The van der Waals surface area contributed by atoms with E-state index in [4.69, 9.17) is 15.2 Å². The molecule has 2 aromatic carbocycles. The fraction of sp³-hybridized carbons (Fsp3) is 0.300. The molecular weight excluding hydrogens is 348 g/mol. The molecule has 2 rings (SSSR count). The minimum Gasteiger partial charge on any atom is -0.497 e. The Morgan fingerprint density at radius 3 is 1.70 bits per heavy atom. The van der Waals surface area contributed by atoms with Crippen LogP contribution < -0.4 is 20.5 Å². The highest BCUT2D eigenvalue weighted by Crippen LogP contribution is 2.26. The number of benzene rings is 2. The maximum atomic E-state index is 12.4. The number of ether oxygens (including phenoxy) is 3. The minimum atomic E-state index is -1.01. The number of hydrogen-bond acceptors (Lipinski definition) is 6. The zero-order chi connectivity index (χ0) is 19.8. The van der Waals surface area contributed by atoms with Crippen LogP contribution >= 0.6 is 0 Å². The van der Waals surface area contributed by atoms with E-state index in [9.17, 15) is 9.59 Å². The first-order chi connectivity index (χ1) is 13.0. The summed E-state index contributed by atoms with van der Waals surface area (Å²) in [6.45, 7) is 0. The zero-order valence-electron chi connectivity index (χ0n) is 15.6. The van der Waals surface area contributed by atoms with Crippen LogP contribution in [0.2, 0.25) is 0 Å². The van der Waals surface area contributed by atoms with Gasteiger partial charge in [0.1, 0.15) is 17.5 Å². The first kappa shape index (κ1) is 20.3. The van der Waals surface area contributed by atoms with E-state index >= 15 is 0 Å². The average Bonchev–Trinajstić information content (AvgIpc) is 2.71. The summed E-state index contributed by atoms with van der Waals surface area (Å²) in [7, 11) is 4.41. The van der Waals surface area contributed by atoms with Crippen LogP contribution in [0, 0.1) is 0 Å². The lowest BCUT2D eigenvalue weighted by Crippen LogP contribution is -2.39. The summed E-state index contributed by atoms with van der Waals surface area (Å²) in [6, 6.07) is 13.3. The third kappa shape index (κ3) is 5.46. The molecule has 0 fully saturated rings. The number of methoxy groups -OCH3 is 3. The lowest BCUT2D eigenvalue weighted by atomic mass is 9.98. The lowest BCUT2D eigenvalue weighted by Gasteiger charge is -2.21. The Morgan fingerprint density at radius 1 is 0.889 bits per heavy atom. The van der Waals surface area contributed by atoms with Crippen LogP contribution in [-0.4, -0.2) is 39.2 Å². The fourth-order valence-electron chi connectivity index (χ4n) is 2.61. The van der Waals surface area contributed by atoms with E-state index in [2.05, 4.69) is 10.1 Å². The highest BCUT2D eigenvalue weighted by atomic mass is 16.5. The van der Waals surface area contributed by atoms with Crippen molar-refractivity contribution in [3.8, 4) is 11.5 Å². The quantitative estimate of drug-likeness (QED) is 0.686. The zero-order valence-corrected chi connectivity index (χ0v) is 15.6. The van der Waals surface area contributed by atoms with Crippen molar-refractivity contribution in [3.05, 3.63) is 59.7 Å². The smallest absolute Gasteiger partial charge is 0.323 e. The molecule has 0 heterocycles. The number of esters is 1. The predicted molar refractivity (Wildman–Crippen MR) is 101 cm³/mol. The van der Waals surface area contributed by atoms with Gasteiger partial charge >= 0.3 is 5.97 Å². The Labute approximate surface area is 158 Å². The van der Waals surface area contributed by atoms with Crippen molar-refractivity contribution in [3.63, 3.8) is 0 Å². The van der Waals surface area contributed by atoms with Crippen LogP contribution in [0.1, 0.15) is 23.6 Å². The summed E-state index contributed by atoms with van der Waals surface area (Å²) < 4.78 is 14.9. The van der Waals surface area contributed by atoms with E-state index < -0.39 is 18.1 Å². The number of carbonyl (C=O) groups excluding carboxylic acids is 2. The van der Waals surface area contributed by atoms with Gasteiger partial charge in [0.25, 0.3) is 0 Å². The highest BCUT2D eigenvalue weighted by molar-refractivity contribution is 5.85. The van der Waals surface area contributed by atoms with E-state index in [-0.39, 0.29) is 12.3 Å². The number of nitrogens with two attached hydrogens (primary N) is 1. The maximum absolute atomic E-state index is 12.4. The molecule has 7 heteroatoms. The van der Waals surface area contributed by atoms with Crippen LogP contribution in [0.4, 0.5) is 0 Å². The molecule has 0 aromatic heterocycles. The number of rotatable bonds is 8. The summed E-state index contributed by atoms with van der Waals surface area (Å²) in [5.74, 6) is 0.442. The van der Waals surface area contributed by atoms with Gasteiger partial charge in [-0.05, 0) is 35.4 Å². The van der Waals surface area contributed by atoms with Gasteiger partial charge in [0.05, 0.1) is 33.8 Å². The van der Waals surface area contributed by atoms with Gasteiger partial charge in [0.15, 0.2) is 0 Å². The molecule has 0 saturated heterocycles. The van der Waals surface area contributed by atoms with Gasteiger partial charge in [-0.1, -0.05) is 24.3 Å². The standard InChI is InChI=1S/C20H24N2O5/c1-25-15-8-4-13(5-9-15)19(14-6-10-16(26-2)11-7-14)22-18(23)12-17(21)20(24)27-3/h4-11,17,19H,12,21H2,1-3H3,(H,22,23)/t17-/m0/s1. The Hall–Kier alpha value is -3.06. The van der Waals surface area contributed by atoms with Crippen LogP contribution in [0.15, 0.2) is 48.5 Å². The molecule has 2 aromatic rings. The van der Waals surface area contributed by atoms with Gasteiger partial charge in [-0.3, -0.25) is 9.59 Å². The third-order valence-electron chi connectivity index (χ3n) is 4.11. The molecule has 0 spiro atoms. The van der Waals surface area contributed by atoms with Crippen LogP contribution in [0.3, 0.4) is 0 Å². The van der Waals surface area contributed by atoms with Crippen molar-refractivity contribution in [2.24, 2.45) is 5.73 Å². The summed E-state index contributed by atoms with van der Waals surface area (Å²) in [4.78, 5) is 23.9. The van der Waals surface area contributed by atoms with E-state index in [1.807, 2.05) is 48.5 Å². The van der Waals surface area contributed by atoms with Crippen molar-refractivity contribution in [2.45, 2.75) is 18.5 Å². The molecule has 0 aliphatic heterocycles. The Balaban J connectivity index is 2.25. The number of nitrogens with one attached hydrogen (secondary N) is 1. The normalized spacial score (nSPS) is 11.6. The molecular formula is C20H24N2O5. The maximum Gasteiger partial charge on any atom is 0.323 e. The number of carbonyl (C=O) groups is 2. The molecule has 0 radical (unpaired) electrons. The monoisotopic (exact) mass is 372 g/mol. The predicted octanol–water partition coefficient (Wildman–Crippen LogP) is 1.80. The minimum absolute atomic E-state index is 0.171. The molecule has 144 valence electrons. The van der Waals surface area contributed by atoms with E-state index in [0.29, 0.717) is 11.5 Å². The molecule has 1 amide bonds. The summed E-state index contributed by atoms with van der Waals surface area (Å²) >= 11 is 0. The Kier molecular flexibility index (Phi) is 7.19. The summed E-state index contributed by atoms with van der Waals surface area (Å²) in [5.41, 5.74) is 7.41. The lowest BCUT2D eigenvalue weighted by molar-refractivity contribution is -0.143. The highest BCUT2D eigenvalue weighted by Gasteiger charge is 2.22. The van der Waals surface area contributed by atoms with Gasteiger partial charge in [0, 0.05) is 0 Å². The molecule has 1 atom stereocenters. The van der Waals surface area contributed by atoms with Gasteiger partial charge in [-0.25, -0.2) is 0 Å². The van der Waals surface area contributed by atoms with E-state index in [1.165, 1.54) is 7.11 Å². The van der Waals surface area contributed by atoms with Crippen LogP contribution in [0.25, 0.3) is 0 Å². The van der Waals surface area contributed by atoms with Gasteiger partial charge in [-0.15, -0.1) is 0 Å². The van der Waals surface area contributed by atoms with E-state index in [1.54, 1.807) is 14.2 Å². The fourth-order valence-corrected chi connectivity index (χ4v) is 2.61. The topological polar surface area (TPSA) is 99.9 Å². The van der Waals surface area contributed by atoms with Gasteiger partial charge in [0.2, 0.25) is 5.91 Å². The first-order valence-electron chi connectivity index (χ1n) is 8.39. The van der Waals surface area contributed by atoms with Crippen molar-refractivity contribution < 1.29 is 23.8 Å². The summed E-state index contributed by atoms with van der Waals surface area (Å²) in [5, 5.41) is 2.93. The number of amides is 1. The molecule has 0 unspecified atom stereocenters. The molecule has 3 N–H and O–H groups in total. The molecule has 0 bridgehead atoms. The third-order valence-corrected chi connectivity index (χ3v) is 4.11. The molecule has 0 saturated carbocycles. The van der Waals surface area contributed by atoms with Gasteiger partial charge < -0.3 is 25.3 Å². The second-order valence-electron chi connectivity index (χ2n) is 5.88. The molecule has 0 aliphatic carbocycles. The Bertz CT molecular complexity index is 711. The van der Waals surface area contributed by atoms with Crippen molar-refractivity contribution >= 4 is 11.9 Å². The van der Waals surface area contributed by atoms with Crippen molar-refractivity contribution in [1.82, 2.24) is 5.32 Å². The second-order valence-corrected chi connectivity index (χ2v) is 5.88. The SMILES string of the molecule is COC(=O)[C@@H](N)CC(=O)NC(c1ccc(OC)cc1)c1ccc(OC)cc1. The Morgan fingerprint density at radius 2 is 1.33 bits per heavy atom. The van der Waals surface area contributed by atoms with Crippen LogP contribution in [-0.2, 0) is 14.3 Å². The molecule has 0 aliphatic rings. The first-order valence-corrected chi connectivity index (χ1v) is 8.39. The van der Waals surface area contributed by atoms with Gasteiger partial charge in [-0.2, -0.15) is 0 Å². The van der Waals surface area contributed by atoms with Crippen LogP contribution in [0.5, 0.6) is 11.5 Å². The summed E-state index contributed by atoms with van der Waals surface area (Å²) in [6.07, 6.45) is -0.171. The largest absolute Gasteiger partial charge is 0.497 e. The molecule has 27 heavy (non-hydrogen) atoms. The second kappa shape index (κ2) is 9.59. The van der Waals surface area contributed by atoms with Crippen molar-refractivity contribution in [2.75, 3.05) is 21.3 Å². The molecule has 7 nitrogen and oxygen atoms in total. The number of hydrogen-bond donors (Lipinski definition) is 2. The van der Waals surface area contributed by atoms with E-state index in [0.717, 1.165) is 11.1 Å². The van der Waals surface area contributed by atoms with Crippen molar-refractivity contribution in [1.29, 1.82) is 0 Å².